The lowest BCUT2D eigenvalue weighted by atomic mass is 10.3. The molecular weight excluding hydrogens is 296 g/mol. The van der Waals surface area contributed by atoms with Gasteiger partial charge in [0, 0.05) is 17.4 Å². The van der Waals surface area contributed by atoms with Gasteiger partial charge in [0.1, 0.15) is 6.54 Å². The zero-order valence-corrected chi connectivity index (χ0v) is 11.7. The summed E-state index contributed by atoms with van der Waals surface area (Å²) < 4.78 is 0.833. The summed E-state index contributed by atoms with van der Waals surface area (Å²) >= 11 is 3.37. The third-order valence-electron chi connectivity index (χ3n) is 2.85. The summed E-state index contributed by atoms with van der Waals surface area (Å²) in [5.41, 5.74) is 0.724. The average molecular weight is 311 g/mol. The van der Waals surface area contributed by atoms with Gasteiger partial charge in [0.15, 0.2) is 0 Å². The molecule has 1 N–H and O–H groups in total. The Morgan fingerprint density at radius 2 is 2.06 bits per heavy atom. The van der Waals surface area contributed by atoms with Crippen molar-refractivity contribution in [1.29, 1.82) is 0 Å². The van der Waals surface area contributed by atoms with Gasteiger partial charge in [-0.1, -0.05) is 12.1 Å². The highest BCUT2D eigenvalue weighted by atomic mass is 79.9. The summed E-state index contributed by atoms with van der Waals surface area (Å²) in [5, 5.41) is 2.80. The zero-order valence-electron chi connectivity index (χ0n) is 10.1. The molecule has 1 aromatic rings. The van der Waals surface area contributed by atoms with Crippen molar-refractivity contribution in [2.75, 3.05) is 11.9 Å². The largest absolute Gasteiger partial charge is 0.331 e. The van der Waals surface area contributed by atoms with Gasteiger partial charge in [-0.25, -0.2) is 0 Å². The van der Waals surface area contributed by atoms with Gasteiger partial charge >= 0.3 is 0 Å². The van der Waals surface area contributed by atoms with Crippen LogP contribution in [0.5, 0.6) is 0 Å². The predicted octanol–water partition coefficient (Wildman–Crippen LogP) is 2.40. The van der Waals surface area contributed by atoms with Crippen molar-refractivity contribution in [2.24, 2.45) is 0 Å². The van der Waals surface area contributed by atoms with Gasteiger partial charge in [0.25, 0.3) is 0 Å². The SMILES string of the molecule is CC(=O)N(CC(=O)Nc1ccccc1Br)C1CC1. The second-order valence-electron chi connectivity index (χ2n) is 4.41. The number of nitrogens with one attached hydrogen (secondary N) is 1. The third-order valence-corrected chi connectivity index (χ3v) is 3.55. The van der Waals surface area contributed by atoms with Crippen LogP contribution >= 0.6 is 15.9 Å². The highest BCUT2D eigenvalue weighted by Crippen LogP contribution is 2.27. The van der Waals surface area contributed by atoms with Crippen LogP contribution in [0.3, 0.4) is 0 Å². The van der Waals surface area contributed by atoms with Crippen LogP contribution < -0.4 is 5.32 Å². The summed E-state index contributed by atoms with van der Waals surface area (Å²) in [4.78, 5) is 24.9. The summed E-state index contributed by atoms with van der Waals surface area (Å²) in [6, 6.07) is 7.67. The molecule has 96 valence electrons. The fourth-order valence-electron chi connectivity index (χ4n) is 1.79. The van der Waals surface area contributed by atoms with Crippen molar-refractivity contribution >= 4 is 33.4 Å². The Hall–Kier alpha value is -1.36. The van der Waals surface area contributed by atoms with Gasteiger partial charge in [-0.3, -0.25) is 9.59 Å². The van der Waals surface area contributed by atoms with Crippen LogP contribution in [0.15, 0.2) is 28.7 Å². The molecule has 0 unspecified atom stereocenters. The molecule has 1 aliphatic carbocycles. The van der Waals surface area contributed by atoms with E-state index in [1.807, 2.05) is 24.3 Å². The van der Waals surface area contributed by atoms with Crippen LogP contribution in [0, 0.1) is 0 Å². The number of amides is 2. The van der Waals surface area contributed by atoms with E-state index in [9.17, 15) is 9.59 Å². The minimum absolute atomic E-state index is 0.0419. The maximum atomic E-state index is 11.9. The minimum atomic E-state index is -0.163. The van der Waals surface area contributed by atoms with Crippen LogP contribution in [0.1, 0.15) is 19.8 Å². The first kappa shape index (κ1) is 13.1. The Morgan fingerprint density at radius 1 is 1.39 bits per heavy atom. The van der Waals surface area contributed by atoms with E-state index in [1.165, 1.54) is 6.92 Å². The second kappa shape index (κ2) is 5.52. The summed E-state index contributed by atoms with van der Waals surface area (Å²) in [7, 11) is 0. The molecule has 2 rings (SSSR count). The van der Waals surface area contributed by atoms with Gasteiger partial charge in [-0.05, 0) is 40.9 Å². The molecule has 5 heteroatoms. The highest BCUT2D eigenvalue weighted by molar-refractivity contribution is 9.10. The topological polar surface area (TPSA) is 49.4 Å². The number of carbonyl (C=O) groups is 2. The van der Waals surface area contributed by atoms with E-state index in [4.69, 9.17) is 0 Å². The number of carbonyl (C=O) groups excluding carboxylic acids is 2. The molecule has 0 aromatic heterocycles. The molecular formula is C13H15BrN2O2. The Morgan fingerprint density at radius 3 is 2.61 bits per heavy atom. The standard InChI is InChI=1S/C13H15BrN2O2/c1-9(17)16(10-6-7-10)8-13(18)15-12-5-3-2-4-11(12)14/h2-5,10H,6-8H2,1H3,(H,15,18). The molecule has 0 spiro atoms. The molecule has 1 aliphatic rings. The fraction of sp³-hybridized carbons (Fsp3) is 0.385. The first-order chi connectivity index (χ1) is 8.58. The second-order valence-corrected chi connectivity index (χ2v) is 5.26. The molecule has 0 heterocycles. The number of benzene rings is 1. The van der Waals surface area contributed by atoms with Gasteiger partial charge in [-0.15, -0.1) is 0 Å². The van der Waals surface area contributed by atoms with Crippen molar-refractivity contribution < 1.29 is 9.59 Å². The Balaban J connectivity index is 1.96. The lowest BCUT2D eigenvalue weighted by molar-refractivity contribution is -0.133. The zero-order chi connectivity index (χ0) is 13.1. The van der Waals surface area contributed by atoms with Crippen molar-refractivity contribution in [3.05, 3.63) is 28.7 Å². The van der Waals surface area contributed by atoms with E-state index in [2.05, 4.69) is 21.2 Å². The van der Waals surface area contributed by atoms with Crippen LogP contribution in [-0.4, -0.2) is 29.3 Å². The summed E-state index contributed by atoms with van der Waals surface area (Å²) in [5.74, 6) is -0.205. The van der Waals surface area contributed by atoms with E-state index in [0.29, 0.717) is 0 Å². The van der Waals surface area contributed by atoms with Crippen molar-refractivity contribution in [2.45, 2.75) is 25.8 Å². The van der Waals surface area contributed by atoms with Crippen LogP contribution in [0.25, 0.3) is 0 Å². The van der Waals surface area contributed by atoms with E-state index in [1.54, 1.807) is 4.90 Å². The number of halogens is 1. The van der Waals surface area contributed by atoms with Gasteiger partial charge in [0.05, 0.1) is 5.69 Å². The van der Waals surface area contributed by atoms with Crippen molar-refractivity contribution in [3.8, 4) is 0 Å². The first-order valence-electron chi connectivity index (χ1n) is 5.89. The quantitative estimate of drug-likeness (QED) is 0.928. The molecule has 0 bridgehead atoms. The number of rotatable bonds is 4. The van der Waals surface area contributed by atoms with Gasteiger partial charge in [-0.2, -0.15) is 0 Å². The Kier molecular flexibility index (Phi) is 4.01. The smallest absolute Gasteiger partial charge is 0.244 e. The van der Waals surface area contributed by atoms with E-state index in [0.717, 1.165) is 23.0 Å². The molecule has 1 aromatic carbocycles. The van der Waals surface area contributed by atoms with Gasteiger partial charge in [0.2, 0.25) is 11.8 Å². The number of nitrogens with zero attached hydrogens (tertiary/aromatic N) is 1. The fourth-order valence-corrected chi connectivity index (χ4v) is 2.17. The maximum Gasteiger partial charge on any atom is 0.244 e. The van der Waals surface area contributed by atoms with E-state index < -0.39 is 0 Å². The molecule has 2 amide bonds. The monoisotopic (exact) mass is 310 g/mol. The molecule has 4 nitrogen and oxygen atoms in total. The lowest BCUT2D eigenvalue weighted by Crippen LogP contribution is -2.38. The molecule has 0 atom stereocenters. The lowest BCUT2D eigenvalue weighted by Gasteiger charge is -2.20. The van der Waals surface area contributed by atoms with Crippen LogP contribution in [-0.2, 0) is 9.59 Å². The Labute approximate surface area is 114 Å². The first-order valence-corrected chi connectivity index (χ1v) is 6.69. The molecule has 1 saturated carbocycles. The predicted molar refractivity (Wildman–Crippen MR) is 73.2 cm³/mol. The van der Waals surface area contributed by atoms with Crippen molar-refractivity contribution in [1.82, 2.24) is 4.90 Å². The summed E-state index contributed by atoms with van der Waals surface area (Å²) in [6.45, 7) is 1.63. The molecule has 1 fully saturated rings. The van der Waals surface area contributed by atoms with E-state index in [-0.39, 0.29) is 24.4 Å². The summed E-state index contributed by atoms with van der Waals surface area (Å²) in [6.07, 6.45) is 2.00. The van der Waals surface area contributed by atoms with Gasteiger partial charge < -0.3 is 10.2 Å². The molecule has 0 saturated heterocycles. The number of anilines is 1. The van der Waals surface area contributed by atoms with Crippen molar-refractivity contribution in [3.63, 3.8) is 0 Å². The van der Waals surface area contributed by atoms with Crippen LogP contribution in [0.2, 0.25) is 0 Å². The maximum absolute atomic E-state index is 11.9. The number of para-hydroxylation sites is 1. The molecule has 18 heavy (non-hydrogen) atoms. The Bertz CT molecular complexity index is 472. The number of hydrogen-bond donors (Lipinski definition) is 1. The normalized spacial score (nSPS) is 14.1. The third kappa shape index (κ3) is 3.32. The average Bonchev–Trinajstić information content (AvgIpc) is 3.13. The molecule has 0 aliphatic heterocycles. The van der Waals surface area contributed by atoms with Crippen LogP contribution in [0.4, 0.5) is 5.69 Å². The molecule has 0 radical (unpaired) electrons. The van der Waals surface area contributed by atoms with E-state index >= 15 is 0 Å². The highest BCUT2D eigenvalue weighted by Gasteiger charge is 2.32. The number of hydrogen-bond acceptors (Lipinski definition) is 2. The minimum Gasteiger partial charge on any atom is -0.331 e.